The molecule has 0 bridgehead atoms. The number of methoxy groups -OCH3 is 1. The Morgan fingerprint density at radius 2 is 2.03 bits per heavy atom. The standard InChI is InChI=1S/C23H28N6O4/c1-3-29-20(16-4-5-18(31-2)24-12-16)27-19-21(29)25-14-26-22(19)33-17-6-9-28(13-17)23(30)15-7-10-32-11-8-15/h4-5,12,14-15,17H,3,6-11,13H2,1-2H3/t17-/m0/s1. The summed E-state index contributed by atoms with van der Waals surface area (Å²) in [5.41, 5.74) is 2.18. The molecule has 2 fully saturated rings. The molecule has 0 unspecified atom stereocenters. The lowest BCUT2D eigenvalue weighted by atomic mass is 9.99. The van der Waals surface area contributed by atoms with Crippen molar-refractivity contribution in [1.82, 2.24) is 29.4 Å². The number of pyridine rings is 1. The molecule has 0 N–H and O–H groups in total. The maximum absolute atomic E-state index is 12.9. The number of imidazole rings is 1. The van der Waals surface area contributed by atoms with Crippen LogP contribution in [0.25, 0.3) is 22.6 Å². The largest absolute Gasteiger partial charge is 0.481 e. The van der Waals surface area contributed by atoms with Crippen LogP contribution in [-0.2, 0) is 16.1 Å². The summed E-state index contributed by atoms with van der Waals surface area (Å²) in [7, 11) is 1.59. The van der Waals surface area contributed by atoms with Gasteiger partial charge in [0.15, 0.2) is 11.2 Å². The lowest BCUT2D eigenvalue weighted by Gasteiger charge is -2.26. The summed E-state index contributed by atoms with van der Waals surface area (Å²) < 4.78 is 18.8. The van der Waals surface area contributed by atoms with Crippen LogP contribution in [0.5, 0.6) is 11.8 Å². The number of aryl methyl sites for hydroxylation is 1. The molecule has 10 nitrogen and oxygen atoms in total. The molecule has 0 aliphatic carbocycles. The fraction of sp³-hybridized carbons (Fsp3) is 0.522. The van der Waals surface area contributed by atoms with Crippen molar-refractivity contribution in [1.29, 1.82) is 0 Å². The van der Waals surface area contributed by atoms with E-state index in [2.05, 4.69) is 15.0 Å². The van der Waals surface area contributed by atoms with Crippen LogP contribution < -0.4 is 9.47 Å². The van der Waals surface area contributed by atoms with Crippen molar-refractivity contribution in [3.63, 3.8) is 0 Å². The molecular weight excluding hydrogens is 424 g/mol. The van der Waals surface area contributed by atoms with E-state index in [1.807, 2.05) is 22.5 Å². The zero-order valence-corrected chi connectivity index (χ0v) is 18.9. The number of likely N-dealkylation sites (tertiary alicyclic amines) is 1. The first-order chi connectivity index (χ1) is 16.2. The second-order valence-corrected chi connectivity index (χ2v) is 8.32. The van der Waals surface area contributed by atoms with Crippen molar-refractivity contribution in [2.45, 2.75) is 38.8 Å². The van der Waals surface area contributed by atoms with E-state index < -0.39 is 0 Å². The van der Waals surface area contributed by atoms with Crippen LogP contribution in [0.2, 0.25) is 0 Å². The molecule has 0 spiro atoms. The zero-order chi connectivity index (χ0) is 22.8. The monoisotopic (exact) mass is 452 g/mol. The molecule has 3 aromatic rings. The molecule has 2 saturated heterocycles. The van der Waals surface area contributed by atoms with Gasteiger partial charge < -0.3 is 23.7 Å². The average molecular weight is 453 g/mol. The molecule has 0 saturated carbocycles. The van der Waals surface area contributed by atoms with Crippen molar-refractivity contribution >= 4 is 17.1 Å². The third kappa shape index (κ3) is 4.22. The van der Waals surface area contributed by atoms with E-state index in [4.69, 9.17) is 19.2 Å². The summed E-state index contributed by atoms with van der Waals surface area (Å²) in [5.74, 6) is 2.00. The van der Waals surface area contributed by atoms with Crippen LogP contribution in [0, 0.1) is 5.92 Å². The Bertz CT molecular complexity index is 1130. The summed E-state index contributed by atoms with van der Waals surface area (Å²) >= 11 is 0. The molecule has 1 atom stereocenters. The Morgan fingerprint density at radius 1 is 1.18 bits per heavy atom. The smallest absolute Gasteiger partial charge is 0.245 e. The van der Waals surface area contributed by atoms with Gasteiger partial charge in [-0.1, -0.05) is 0 Å². The van der Waals surface area contributed by atoms with Crippen LogP contribution >= 0.6 is 0 Å². The van der Waals surface area contributed by atoms with E-state index >= 15 is 0 Å². The number of nitrogens with zero attached hydrogens (tertiary/aromatic N) is 6. The minimum absolute atomic E-state index is 0.0594. The van der Waals surface area contributed by atoms with E-state index in [0.29, 0.717) is 55.8 Å². The molecule has 5 rings (SSSR count). The minimum Gasteiger partial charge on any atom is -0.481 e. The van der Waals surface area contributed by atoms with Gasteiger partial charge in [0, 0.05) is 56.5 Å². The van der Waals surface area contributed by atoms with Crippen molar-refractivity contribution in [2.75, 3.05) is 33.4 Å². The van der Waals surface area contributed by atoms with Crippen molar-refractivity contribution in [3.8, 4) is 23.1 Å². The normalized spacial score (nSPS) is 19.2. The van der Waals surface area contributed by atoms with Crippen molar-refractivity contribution in [2.24, 2.45) is 5.92 Å². The molecule has 5 heterocycles. The molecule has 2 aliphatic heterocycles. The van der Waals surface area contributed by atoms with Gasteiger partial charge in [0.2, 0.25) is 17.7 Å². The van der Waals surface area contributed by atoms with Gasteiger partial charge in [-0.15, -0.1) is 0 Å². The number of ether oxygens (including phenoxy) is 3. The summed E-state index contributed by atoms with van der Waals surface area (Å²) in [4.78, 5) is 32.7. The number of amides is 1. The van der Waals surface area contributed by atoms with E-state index in [9.17, 15) is 4.79 Å². The van der Waals surface area contributed by atoms with Crippen LogP contribution in [0.1, 0.15) is 26.2 Å². The Hall–Kier alpha value is -3.27. The first-order valence-electron chi connectivity index (χ1n) is 11.4. The number of aromatic nitrogens is 5. The molecule has 3 aromatic heterocycles. The number of carbonyl (C=O) groups excluding carboxylic acids is 1. The number of rotatable bonds is 6. The lowest BCUT2D eigenvalue weighted by molar-refractivity contribution is -0.137. The van der Waals surface area contributed by atoms with Gasteiger partial charge in [-0.25, -0.2) is 15.0 Å². The van der Waals surface area contributed by atoms with Gasteiger partial charge in [0.05, 0.1) is 13.7 Å². The minimum atomic E-state index is -0.121. The molecule has 174 valence electrons. The van der Waals surface area contributed by atoms with Gasteiger partial charge >= 0.3 is 0 Å². The predicted molar refractivity (Wildman–Crippen MR) is 120 cm³/mol. The maximum atomic E-state index is 12.9. The summed E-state index contributed by atoms with van der Waals surface area (Å²) in [6.07, 6.45) is 5.47. The SMILES string of the molecule is CCn1c(-c2ccc(OC)nc2)nc2c(O[C@H]3CCN(C(=O)C4CCOCC4)C3)ncnc21. The van der Waals surface area contributed by atoms with E-state index in [-0.39, 0.29) is 17.9 Å². The quantitative estimate of drug-likeness (QED) is 0.561. The van der Waals surface area contributed by atoms with E-state index in [1.165, 1.54) is 6.33 Å². The van der Waals surface area contributed by atoms with E-state index in [0.717, 1.165) is 30.7 Å². The highest BCUT2D eigenvalue weighted by atomic mass is 16.5. The van der Waals surface area contributed by atoms with Crippen LogP contribution in [0.15, 0.2) is 24.7 Å². The fourth-order valence-electron chi connectivity index (χ4n) is 4.54. The van der Waals surface area contributed by atoms with Gasteiger partial charge in [-0.05, 0) is 25.8 Å². The Labute approximate surface area is 191 Å². The number of hydrogen-bond donors (Lipinski definition) is 0. The average Bonchev–Trinajstić information content (AvgIpc) is 3.49. The van der Waals surface area contributed by atoms with Gasteiger partial charge in [-0.3, -0.25) is 4.79 Å². The molecule has 2 aliphatic rings. The van der Waals surface area contributed by atoms with Crippen molar-refractivity contribution in [3.05, 3.63) is 24.7 Å². The highest BCUT2D eigenvalue weighted by Gasteiger charge is 2.33. The third-order valence-corrected chi connectivity index (χ3v) is 6.32. The number of hydrogen-bond acceptors (Lipinski definition) is 8. The molecule has 0 aromatic carbocycles. The summed E-state index contributed by atoms with van der Waals surface area (Å²) in [5, 5.41) is 0. The Morgan fingerprint density at radius 3 is 2.76 bits per heavy atom. The molecular formula is C23H28N6O4. The van der Waals surface area contributed by atoms with E-state index in [1.54, 1.807) is 19.4 Å². The molecule has 0 radical (unpaired) electrons. The number of carbonyl (C=O) groups is 1. The topological polar surface area (TPSA) is 104 Å². The van der Waals surface area contributed by atoms with Crippen LogP contribution in [0.4, 0.5) is 0 Å². The number of fused-ring (bicyclic) bond motifs is 1. The van der Waals surface area contributed by atoms with Crippen LogP contribution in [0.3, 0.4) is 0 Å². The second kappa shape index (κ2) is 9.30. The zero-order valence-electron chi connectivity index (χ0n) is 18.9. The second-order valence-electron chi connectivity index (χ2n) is 8.32. The molecule has 33 heavy (non-hydrogen) atoms. The first-order valence-corrected chi connectivity index (χ1v) is 11.4. The van der Waals surface area contributed by atoms with Crippen LogP contribution in [-0.4, -0.2) is 74.8 Å². The highest BCUT2D eigenvalue weighted by molar-refractivity contribution is 5.81. The summed E-state index contributed by atoms with van der Waals surface area (Å²) in [6, 6.07) is 3.73. The highest BCUT2D eigenvalue weighted by Crippen LogP contribution is 2.30. The molecule has 1 amide bonds. The predicted octanol–water partition coefficient (Wildman–Crippen LogP) is 2.32. The first kappa shape index (κ1) is 21.6. The molecule has 10 heteroatoms. The van der Waals surface area contributed by atoms with Gasteiger partial charge in [0.25, 0.3) is 0 Å². The Balaban J connectivity index is 1.36. The summed E-state index contributed by atoms with van der Waals surface area (Å²) in [6.45, 7) is 5.31. The third-order valence-electron chi connectivity index (χ3n) is 6.32. The van der Waals surface area contributed by atoms with Gasteiger partial charge in [0.1, 0.15) is 18.3 Å². The lowest BCUT2D eigenvalue weighted by Crippen LogP contribution is -2.38. The van der Waals surface area contributed by atoms with Gasteiger partial charge in [-0.2, -0.15) is 4.98 Å². The Kier molecular flexibility index (Phi) is 6.08. The fourth-order valence-corrected chi connectivity index (χ4v) is 4.54. The maximum Gasteiger partial charge on any atom is 0.245 e. The van der Waals surface area contributed by atoms with Crippen molar-refractivity contribution < 1.29 is 19.0 Å².